The molecule has 1 aliphatic carbocycles. The topological polar surface area (TPSA) is 88.5 Å². The number of ether oxygens (including phenoxy) is 1. The van der Waals surface area contributed by atoms with E-state index in [1.54, 1.807) is 13.8 Å². The molecule has 23 heavy (non-hydrogen) atoms. The zero-order valence-electron chi connectivity index (χ0n) is 12.3. The fraction of sp³-hybridized carbons (Fsp3) is 0.500. The zero-order chi connectivity index (χ0) is 17.4. The highest BCUT2D eigenvalue weighted by Gasteiger charge is 2.65. The highest BCUT2D eigenvalue weighted by molar-refractivity contribution is 5.99. The number of halogens is 3. The summed E-state index contributed by atoms with van der Waals surface area (Å²) in [4.78, 5) is 26.8. The molecule has 9 heteroatoms. The fourth-order valence-electron chi connectivity index (χ4n) is 2.50. The van der Waals surface area contributed by atoms with Crippen LogP contribution in [0.3, 0.4) is 0 Å². The molecule has 0 aliphatic heterocycles. The lowest BCUT2D eigenvalue weighted by Crippen LogP contribution is -2.20. The van der Waals surface area contributed by atoms with Crippen LogP contribution in [0.5, 0.6) is 5.88 Å². The van der Waals surface area contributed by atoms with E-state index >= 15 is 0 Å². The zero-order valence-corrected chi connectivity index (χ0v) is 12.3. The summed E-state index contributed by atoms with van der Waals surface area (Å²) < 4.78 is 40.5. The minimum absolute atomic E-state index is 0.226. The molecule has 1 amide bonds. The molecule has 1 heterocycles. The van der Waals surface area contributed by atoms with E-state index in [9.17, 15) is 22.8 Å². The standard InChI is InChI=1S/C14H15F3N2O4/c1-13(2)9(10(13)12(21)22)11(20)19-7-3-4-8(18-5-7)23-6-14(15,16)17/h3-5,9-10H,6H2,1-2H3,(H,19,20)(H,21,22)/t9-,10+/m1/s1. The molecule has 0 spiro atoms. The molecule has 2 N–H and O–H groups in total. The number of aromatic nitrogens is 1. The molecule has 1 fully saturated rings. The quantitative estimate of drug-likeness (QED) is 0.864. The summed E-state index contributed by atoms with van der Waals surface area (Å²) in [6.07, 6.45) is -3.31. The smallest absolute Gasteiger partial charge is 0.422 e. The SMILES string of the molecule is CC1(C)[C@H](C(=O)O)[C@@H]1C(=O)Nc1ccc(OCC(F)(F)F)nc1. The summed E-state index contributed by atoms with van der Waals surface area (Å²) in [5.41, 5.74) is -0.389. The van der Waals surface area contributed by atoms with Crippen LogP contribution in [0.2, 0.25) is 0 Å². The number of carbonyl (C=O) groups excluding carboxylic acids is 1. The van der Waals surface area contributed by atoms with Gasteiger partial charge in [-0.2, -0.15) is 13.2 Å². The molecule has 1 saturated carbocycles. The molecule has 2 rings (SSSR count). The third-order valence-electron chi connectivity index (χ3n) is 3.76. The molecular formula is C14H15F3N2O4. The molecule has 0 aromatic carbocycles. The van der Waals surface area contributed by atoms with Gasteiger partial charge in [-0.05, 0) is 11.5 Å². The molecule has 0 saturated heterocycles. The molecule has 0 bridgehead atoms. The summed E-state index contributed by atoms with van der Waals surface area (Å²) in [5, 5.41) is 11.5. The van der Waals surface area contributed by atoms with E-state index in [4.69, 9.17) is 5.11 Å². The van der Waals surface area contributed by atoms with E-state index in [1.165, 1.54) is 12.1 Å². The minimum atomic E-state index is -4.46. The average molecular weight is 332 g/mol. The molecule has 6 nitrogen and oxygen atoms in total. The van der Waals surface area contributed by atoms with Crippen molar-refractivity contribution in [1.82, 2.24) is 4.98 Å². The van der Waals surface area contributed by atoms with E-state index in [0.717, 1.165) is 6.20 Å². The lowest BCUT2D eigenvalue weighted by molar-refractivity contribution is -0.154. The van der Waals surface area contributed by atoms with Crippen molar-refractivity contribution in [3.05, 3.63) is 18.3 Å². The normalized spacial score (nSPS) is 22.3. The van der Waals surface area contributed by atoms with E-state index in [1.807, 2.05) is 0 Å². The van der Waals surface area contributed by atoms with Crippen LogP contribution in [-0.4, -0.2) is 34.8 Å². The maximum Gasteiger partial charge on any atom is 0.422 e. The summed E-state index contributed by atoms with van der Waals surface area (Å²) in [7, 11) is 0. The van der Waals surface area contributed by atoms with Crippen molar-refractivity contribution in [2.45, 2.75) is 20.0 Å². The van der Waals surface area contributed by atoms with Crippen molar-refractivity contribution in [1.29, 1.82) is 0 Å². The van der Waals surface area contributed by atoms with Crippen LogP contribution in [0.1, 0.15) is 13.8 Å². The van der Waals surface area contributed by atoms with Crippen LogP contribution in [0.25, 0.3) is 0 Å². The number of carboxylic acids is 1. The third-order valence-corrected chi connectivity index (χ3v) is 3.76. The van der Waals surface area contributed by atoms with Gasteiger partial charge in [0.05, 0.1) is 23.7 Å². The van der Waals surface area contributed by atoms with Gasteiger partial charge < -0.3 is 15.2 Å². The van der Waals surface area contributed by atoms with Crippen molar-refractivity contribution < 1.29 is 32.6 Å². The first-order valence-electron chi connectivity index (χ1n) is 6.71. The predicted molar refractivity (Wildman–Crippen MR) is 72.8 cm³/mol. The van der Waals surface area contributed by atoms with Gasteiger partial charge in [-0.15, -0.1) is 0 Å². The lowest BCUT2D eigenvalue weighted by atomic mass is 10.1. The van der Waals surface area contributed by atoms with Gasteiger partial charge >= 0.3 is 12.1 Å². The monoisotopic (exact) mass is 332 g/mol. The number of anilines is 1. The Morgan fingerprint density at radius 2 is 2.00 bits per heavy atom. The Kier molecular flexibility index (Phi) is 4.23. The van der Waals surface area contributed by atoms with Crippen molar-refractivity contribution >= 4 is 17.6 Å². The molecule has 1 aliphatic rings. The van der Waals surface area contributed by atoms with E-state index in [-0.39, 0.29) is 11.6 Å². The van der Waals surface area contributed by atoms with Crippen molar-refractivity contribution in [3.63, 3.8) is 0 Å². The number of carboxylic acid groups (broad SMARTS) is 1. The summed E-state index contributed by atoms with van der Waals surface area (Å²) >= 11 is 0. The van der Waals surface area contributed by atoms with Crippen LogP contribution < -0.4 is 10.1 Å². The number of carbonyl (C=O) groups is 2. The van der Waals surface area contributed by atoms with Crippen LogP contribution in [0.4, 0.5) is 18.9 Å². The van der Waals surface area contributed by atoms with Gasteiger partial charge in [-0.25, -0.2) is 4.98 Å². The maximum absolute atomic E-state index is 12.1. The largest absolute Gasteiger partial charge is 0.481 e. The molecular weight excluding hydrogens is 317 g/mol. The second kappa shape index (κ2) is 5.71. The van der Waals surface area contributed by atoms with Gasteiger partial charge in [-0.3, -0.25) is 9.59 Å². The number of hydrogen-bond donors (Lipinski definition) is 2. The third kappa shape index (κ3) is 3.91. The van der Waals surface area contributed by atoms with Gasteiger partial charge in [0.25, 0.3) is 0 Å². The summed E-state index contributed by atoms with van der Waals surface area (Å²) in [6.45, 7) is 1.91. The van der Waals surface area contributed by atoms with Gasteiger partial charge in [-0.1, -0.05) is 13.8 Å². The lowest BCUT2D eigenvalue weighted by Gasteiger charge is -2.09. The van der Waals surface area contributed by atoms with E-state index < -0.39 is 41.9 Å². The molecule has 1 aromatic rings. The highest BCUT2D eigenvalue weighted by Crippen LogP contribution is 2.58. The van der Waals surface area contributed by atoms with Gasteiger partial charge in [0.1, 0.15) is 0 Å². The van der Waals surface area contributed by atoms with Crippen LogP contribution in [-0.2, 0) is 9.59 Å². The Labute approximate surface area is 129 Å². The second-order valence-electron chi connectivity index (χ2n) is 5.89. The molecule has 2 atom stereocenters. The predicted octanol–water partition coefficient (Wildman–Crippen LogP) is 2.32. The van der Waals surface area contributed by atoms with Gasteiger partial charge in [0.2, 0.25) is 11.8 Å². The fourth-order valence-corrected chi connectivity index (χ4v) is 2.50. The molecule has 0 unspecified atom stereocenters. The van der Waals surface area contributed by atoms with Crippen LogP contribution >= 0.6 is 0 Å². The highest BCUT2D eigenvalue weighted by atomic mass is 19.4. The van der Waals surface area contributed by atoms with Gasteiger partial charge in [0.15, 0.2) is 6.61 Å². The average Bonchev–Trinajstić information content (AvgIpc) is 3.00. The second-order valence-corrected chi connectivity index (χ2v) is 5.89. The van der Waals surface area contributed by atoms with Crippen LogP contribution in [0.15, 0.2) is 18.3 Å². The van der Waals surface area contributed by atoms with Crippen molar-refractivity contribution in [2.75, 3.05) is 11.9 Å². The number of hydrogen-bond acceptors (Lipinski definition) is 4. The Morgan fingerprint density at radius 1 is 1.35 bits per heavy atom. The number of alkyl halides is 3. The van der Waals surface area contributed by atoms with Crippen LogP contribution in [0, 0.1) is 17.3 Å². The summed E-state index contributed by atoms with van der Waals surface area (Å²) in [5.74, 6) is -3.15. The van der Waals surface area contributed by atoms with E-state index in [0.29, 0.717) is 0 Å². The Morgan fingerprint density at radius 3 is 2.43 bits per heavy atom. The van der Waals surface area contributed by atoms with E-state index in [2.05, 4.69) is 15.0 Å². The number of nitrogens with zero attached hydrogens (tertiary/aromatic N) is 1. The number of rotatable bonds is 5. The van der Waals surface area contributed by atoms with Gasteiger partial charge in [0, 0.05) is 6.07 Å². The minimum Gasteiger partial charge on any atom is -0.481 e. The number of aliphatic carboxylic acids is 1. The first-order chi connectivity index (χ1) is 10.5. The molecule has 0 radical (unpaired) electrons. The summed E-state index contributed by atoms with van der Waals surface area (Å²) in [6, 6.07) is 2.52. The van der Waals surface area contributed by atoms with Crippen molar-refractivity contribution in [3.8, 4) is 5.88 Å². The number of pyridine rings is 1. The Balaban J connectivity index is 1.94. The first kappa shape index (κ1) is 17.0. The number of amides is 1. The molecule has 126 valence electrons. The molecule has 1 aromatic heterocycles. The Bertz CT molecular complexity index is 613. The van der Waals surface area contributed by atoms with Crippen molar-refractivity contribution in [2.24, 2.45) is 17.3 Å². The number of nitrogens with one attached hydrogen (secondary N) is 1. The maximum atomic E-state index is 12.1. The first-order valence-corrected chi connectivity index (χ1v) is 6.71. The Hall–Kier alpha value is -2.32.